The van der Waals surface area contributed by atoms with E-state index in [0.29, 0.717) is 47.8 Å². The van der Waals surface area contributed by atoms with Crippen molar-refractivity contribution in [1.82, 2.24) is 19.9 Å². The number of benzene rings is 2. The van der Waals surface area contributed by atoms with E-state index >= 15 is 0 Å². The van der Waals surface area contributed by atoms with Gasteiger partial charge in [0.05, 0.1) is 13.2 Å². The SMILES string of the molecule is CC1CCN(C(=O)c2ccc(NC(=O)Nc3ccc(-c4ncnc(N5CCOCC5)n4)cc3)cc2)CC1. The number of carbonyl (C=O) groups excluding carboxylic acids is 2. The van der Waals surface area contributed by atoms with Crippen LogP contribution in [-0.2, 0) is 4.74 Å². The van der Waals surface area contributed by atoms with Crippen LogP contribution in [0.5, 0.6) is 0 Å². The van der Waals surface area contributed by atoms with Crippen molar-refractivity contribution < 1.29 is 14.3 Å². The molecule has 3 amide bonds. The van der Waals surface area contributed by atoms with E-state index in [0.717, 1.165) is 44.6 Å². The molecule has 0 atom stereocenters. The van der Waals surface area contributed by atoms with Crippen LogP contribution >= 0.6 is 0 Å². The summed E-state index contributed by atoms with van der Waals surface area (Å²) in [4.78, 5) is 42.4. The highest BCUT2D eigenvalue weighted by atomic mass is 16.5. The summed E-state index contributed by atoms with van der Waals surface area (Å²) < 4.78 is 5.39. The summed E-state index contributed by atoms with van der Waals surface area (Å²) in [6.07, 6.45) is 3.59. The molecule has 1 aromatic heterocycles. The smallest absolute Gasteiger partial charge is 0.323 e. The van der Waals surface area contributed by atoms with Gasteiger partial charge in [-0.1, -0.05) is 6.92 Å². The molecule has 2 aliphatic heterocycles. The molecule has 2 N–H and O–H groups in total. The summed E-state index contributed by atoms with van der Waals surface area (Å²) in [7, 11) is 0. The van der Waals surface area contributed by atoms with Crippen molar-refractivity contribution in [3.8, 4) is 11.4 Å². The van der Waals surface area contributed by atoms with Gasteiger partial charge in [0, 0.05) is 48.7 Å². The Balaban J connectivity index is 1.15. The number of rotatable bonds is 5. The zero-order chi connectivity index (χ0) is 25.6. The second-order valence-corrected chi connectivity index (χ2v) is 9.42. The van der Waals surface area contributed by atoms with Gasteiger partial charge in [-0.05, 0) is 67.3 Å². The van der Waals surface area contributed by atoms with E-state index in [1.165, 1.54) is 6.33 Å². The molecule has 0 radical (unpaired) electrons. The first-order chi connectivity index (χ1) is 18.0. The van der Waals surface area contributed by atoms with Crippen LogP contribution in [0, 0.1) is 5.92 Å². The molecule has 2 saturated heterocycles. The molecular weight excluding hydrogens is 470 g/mol. The Morgan fingerprint density at radius 1 is 0.865 bits per heavy atom. The fourth-order valence-corrected chi connectivity index (χ4v) is 4.43. The highest BCUT2D eigenvalue weighted by molar-refractivity contribution is 6.00. The maximum absolute atomic E-state index is 12.7. The fourth-order valence-electron chi connectivity index (χ4n) is 4.43. The number of likely N-dealkylation sites (tertiary alicyclic amines) is 1. The number of hydrogen-bond acceptors (Lipinski definition) is 7. The molecule has 5 rings (SSSR count). The predicted molar refractivity (Wildman–Crippen MR) is 142 cm³/mol. The minimum Gasteiger partial charge on any atom is -0.378 e. The lowest BCUT2D eigenvalue weighted by Gasteiger charge is -2.30. The second kappa shape index (κ2) is 11.3. The molecule has 2 aromatic carbocycles. The van der Waals surface area contributed by atoms with Crippen LogP contribution in [0.1, 0.15) is 30.1 Å². The third-order valence-corrected chi connectivity index (χ3v) is 6.71. The zero-order valence-corrected chi connectivity index (χ0v) is 20.9. The van der Waals surface area contributed by atoms with Crippen molar-refractivity contribution in [3.05, 3.63) is 60.4 Å². The van der Waals surface area contributed by atoms with E-state index in [2.05, 4.69) is 37.4 Å². The normalized spacial score (nSPS) is 16.4. The zero-order valence-electron chi connectivity index (χ0n) is 20.9. The molecule has 10 heteroatoms. The largest absolute Gasteiger partial charge is 0.378 e. The molecule has 2 fully saturated rings. The molecule has 3 heterocycles. The molecule has 0 bridgehead atoms. The van der Waals surface area contributed by atoms with Crippen LogP contribution in [0.15, 0.2) is 54.9 Å². The Labute approximate surface area is 216 Å². The summed E-state index contributed by atoms with van der Waals surface area (Å²) >= 11 is 0. The summed E-state index contributed by atoms with van der Waals surface area (Å²) in [5, 5.41) is 5.63. The molecule has 0 saturated carbocycles. The number of nitrogens with zero attached hydrogens (tertiary/aromatic N) is 5. The number of hydrogen-bond donors (Lipinski definition) is 2. The first-order valence-electron chi connectivity index (χ1n) is 12.6. The Morgan fingerprint density at radius 2 is 1.49 bits per heavy atom. The minimum atomic E-state index is -0.369. The number of morpholine rings is 1. The molecule has 192 valence electrons. The van der Waals surface area contributed by atoms with Crippen LogP contribution < -0.4 is 15.5 Å². The maximum Gasteiger partial charge on any atom is 0.323 e. The number of ether oxygens (including phenoxy) is 1. The average Bonchev–Trinajstić information content (AvgIpc) is 2.94. The second-order valence-electron chi connectivity index (χ2n) is 9.42. The van der Waals surface area contributed by atoms with E-state index in [9.17, 15) is 9.59 Å². The summed E-state index contributed by atoms with van der Waals surface area (Å²) in [6, 6.07) is 13.9. The number of piperidine rings is 1. The fraction of sp³-hybridized carbons (Fsp3) is 0.370. The van der Waals surface area contributed by atoms with E-state index in [-0.39, 0.29) is 11.9 Å². The van der Waals surface area contributed by atoms with E-state index in [1.54, 1.807) is 36.4 Å². The highest BCUT2D eigenvalue weighted by Gasteiger charge is 2.21. The molecule has 0 spiro atoms. The van der Waals surface area contributed by atoms with Crippen LogP contribution in [-0.4, -0.2) is 71.2 Å². The van der Waals surface area contributed by atoms with Crippen LogP contribution in [0.25, 0.3) is 11.4 Å². The third-order valence-electron chi connectivity index (χ3n) is 6.71. The Hall–Kier alpha value is -4.05. The molecule has 37 heavy (non-hydrogen) atoms. The quantitative estimate of drug-likeness (QED) is 0.545. The number of nitrogens with one attached hydrogen (secondary N) is 2. The molecular formula is C27H31N7O3. The number of anilines is 3. The molecule has 2 aliphatic rings. The van der Waals surface area contributed by atoms with Crippen LogP contribution in [0.2, 0.25) is 0 Å². The van der Waals surface area contributed by atoms with Gasteiger partial charge in [0.25, 0.3) is 5.91 Å². The molecule has 0 unspecified atom stereocenters. The number of aromatic nitrogens is 3. The number of urea groups is 1. The highest BCUT2D eigenvalue weighted by Crippen LogP contribution is 2.21. The van der Waals surface area contributed by atoms with Crippen LogP contribution in [0.4, 0.5) is 22.1 Å². The van der Waals surface area contributed by atoms with Crippen molar-refractivity contribution >= 4 is 29.3 Å². The van der Waals surface area contributed by atoms with Gasteiger partial charge >= 0.3 is 6.03 Å². The van der Waals surface area contributed by atoms with Crippen molar-refractivity contribution in [2.45, 2.75) is 19.8 Å². The topological polar surface area (TPSA) is 113 Å². The predicted octanol–water partition coefficient (Wildman–Crippen LogP) is 3.89. The van der Waals surface area contributed by atoms with Crippen molar-refractivity contribution in [3.63, 3.8) is 0 Å². The third kappa shape index (κ3) is 6.21. The summed E-state index contributed by atoms with van der Waals surface area (Å²) in [5.41, 5.74) is 2.70. The van der Waals surface area contributed by atoms with Gasteiger partial charge in [-0.15, -0.1) is 0 Å². The van der Waals surface area contributed by atoms with Crippen molar-refractivity contribution in [1.29, 1.82) is 0 Å². The average molecular weight is 502 g/mol. The van der Waals surface area contributed by atoms with E-state index < -0.39 is 0 Å². The van der Waals surface area contributed by atoms with Gasteiger partial charge in [-0.25, -0.2) is 14.8 Å². The Bertz CT molecular complexity index is 1220. The Morgan fingerprint density at radius 3 is 2.14 bits per heavy atom. The van der Waals surface area contributed by atoms with Gasteiger partial charge in [-0.2, -0.15) is 4.98 Å². The summed E-state index contributed by atoms with van der Waals surface area (Å²) in [6.45, 7) is 6.62. The van der Waals surface area contributed by atoms with Gasteiger partial charge < -0.3 is 25.2 Å². The van der Waals surface area contributed by atoms with E-state index in [1.807, 2.05) is 17.0 Å². The van der Waals surface area contributed by atoms with Crippen molar-refractivity contribution in [2.75, 3.05) is 54.9 Å². The minimum absolute atomic E-state index is 0.0400. The summed E-state index contributed by atoms with van der Waals surface area (Å²) in [5.74, 6) is 1.91. The Kier molecular flexibility index (Phi) is 7.55. The van der Waals surface area contributed by atoms with Gasteiger partial charge in [-0.3, -0.25) is 4.79 Å². The standard InChI is InChI=1S/C27H31N7O3/c1-19-10-12-33(13-11-19)25(35)21-4-8-23(9-5-21)31-27(36)30-22-6-2-20(3-7-22)24-28-18-29-26(32-24)34-14-16-37-17-15-34/h2-9,18-19H,10-17H2,1H3,(H2,30,31,36). The number of carbonyl (C=O) groups is 2. The first kappa shape index (κ1) is 24.6. The monoisotopic (exact) mass is 501 g/mol. The van der Waals surface area contributed by atoms with E-state index in [4.69, 9.17) is 4.74 Å². The first-order valence-corrected chi connectivity index (χ1v) is 12.6. The lowest BCUT2D eigenvalue weighted by molar-refractivity contribution is 0.0697. The maximum atomic E-state index is 12.7. The van der Waals surface area contributed by atoms with Gasteiger partial charge in [0.2, 0.25) is 5.95 Å². The molecule has 0 aliphatic carbocycles. The number of amides is 3. The van der Waals surface area contributed by atoms with Crippen molar-refractivity contribution in [2.24, 2.45) is 5.92 Å². The van der Waals surface area contributed by atoms with Crippen LogP contribution in [0.3, 0.4) is 0 Å². The van der Waals surface area contributed by atoms with Gasteiger partial charge in [0.15, 0.2) is 5.82 Å². The lowest BCUT2D eigenvalue weighted by Crippen LogP contribution is -2.37. The van der Waals surface area contributed by atoms with Gasteiger partial charge in [0.1, 0.15) is 6.33 Å². The molecule has 3 aromatic rings. The lowest BCUT2D eigenvalue weighted by atomic mass is 9.98. The molecule has 10 nitrogen and oxygen atoms in total.